The third-order valence-corrected chi connectivity index (χ3v) is 6.20. The third-order valence-electron chi connectivity index (χ3n) is 5.20. The molecule has 1 aliphatic heterocycles. The van der Waals surface area contributed by atoms with Gasteiger partial charge in [0.15, 0.2) is 0 Å². The molecular formula is C17H26N2OS. The number of carbonyl (C=O) groups excluding carboxylic acids is 1. The molecule has 1 saturated heterocycles. The molecule has 1 aliphatic carbocycles. The van der Waals surface area contributed by atoms with Crippen molar-refractivity contribution < 1.29 is 4.79 Å². The fourth-order valence-electron chi connectivity index (χ4n) is 3.98. The molecule has 1 aromatic rings. The van der Waals surface area contributed by atoms with Crippen LogP contribution in [0.15, 0.2) is 5.51 Å². The Labute approximate surface area is 131 Å². The van der Waals surface area contributed by atoms with Crippen LogP contribution in [0.5, 0.6) is 0 Å². The molecule has 2 heterocycles. The Bertz CT molecular complexity index is 485. The number of Topliss-reactive ketones (excluding diaryl/α,β-unsaturated/α-hetero) is 1. The summed E-state index contributed by atoms with van der Waals surface area (Å²) in [6, 6.07) is 0.514. The maximum atomic E-state index is 12.3. The van der Waals surface area contributed by atoms with E-state index in [0.717, 1.165) is 32.2 Å². The van der Waals surface area contributed by atoms with Crippen molar-refractivity contribution in [3.8, 4) is 0 Å². The van der Waals surface area contributed by atoms with Crippen LogP contribution in [0.25, 0.3) is 0 Å². The van der Waals surface area contributed by atoms with Crippen molar-refractivity contribution in [3.05, 3.63) is 16.1 Å². The van der Waals surface area contributed by atoms with Crippen molar-refractivity contribution in [3.63, 3.8) is 0 Å². The number of carbonyl (C=O) groups is 1. The average Bonchev–Trinajstić information content (AvgIpc) is 2.91. The zero-order valence-corrected chi connectivity index (χ0v) is 13.8. The Morgan fingerprint density at radius 1 is 1.29 bits per heavy atom. The summed E-state index contributed by atoms with van der Waals surface area (Å²) in [6.45, 7) is 4.37. The minimum Gasteiger partial charge on any atom is -0.299 e. The lowest BCUT2D eigenvalue weighted by atomic mass is 9.79. The molecule has 1 aromatic heterocycles. The monoisotopic (exact) mass is 306 g/mol. The quantitative estimate of drug-likeness (QED) is 0.852. The van der Waals surface area contributed by atoms with E-state index in [4.69, 9.17) is 0 Å². The number of nitrogens with zero attached hydrogens (tertiary/aromatic N) is 2. The second-order valence-corrected chi connectivity index (χ2v) is 7.47. The highest BCUT2D eigenvalue weighted by molar-refractivity contribution is 7.09. The highest BCUT2D eigenvalue weighted by Crippen LogP contribution is 2.32. The first-order valence-corrected chi connectivity index (χ1v) is 9.29. The van der Waals surface area contributed by atoms with Gasteiger partial charge in [0.25, 0.3) is 0 Å². The molecule has 0 spiro atoms. The first-order valence-electron chi connectivity index (χ1n) is 8.41. The molecule has 3 rings (SSSR count). The summed E-state index contributed by atoms with van der Waals surface area (Å²) < 4.78 is 0. The second kappa shape index (κ2) is 7.01. The van der Waals surface area contributed by atoms with Crippen LogP contribution in [-0.2, 0) is 11.2 Å². The van der Waals surface area contributed by atoms with Crippen molar-refractivity contribution in [1.82, 2.24) is 9.88 Å². The smallest absolute Gasteiger partial charge is 0.137 e. The number of piperidine rings is 1. The summed E-state index contributed by atoms with van der Waals surface area (Å²) in [6.07, 6.45) is 9.20. The molecule has 4 heteroatoms. The normalized spacial score (nSPS) is 28.0. The summed E-state index contributed by atoms with van der Waals surface area (Å²) >= 11 is 1.77. The Morgan fingerprint density at radius 3 is 2.90 bits per heavy atom. The number of ketones is 1. The predicted octanol–water partition coefficient (Wildman–Crippen LogP) is 3.61. The van der Waals surface area contributed by atoms with E-state index in [2.05, 4.69) is 16.8 Å². The van der Waals surface area contributed by atoms with E-state index >= 15 is 0 Å². The SMILES string of the molecule is Cc1ncsc1CCN1CCCCC1C1CCCCC1=O. The highest BCUT2D eigenvalue weighted by Gasteiger charge is 2.35. The molecule has 116 valence electrons. The summed E-state index contributed by atoms with van der Waals surface area (Å²) in [5, 5.41) is 0. The molecule has 1 saturated carbocycles. The number of hydrogen-bond donors (Lipinski definition) is 0. The molecule has 21 heavy (non-hydrogen) atoms. The average molecular weight is 306 g/mol. The minimum atomic E-state index is 0.321. The summed E-state index contributed by atoms with van der Waals surface area (Å²) in [5.74, 6) is 0.855. The molecule has 2 aliphatic rings. The van der Waals surface area contributed by atoms with Crippen LogP contribution >= 0.6 is 11.3 Å². The fourth-order valence-corrected chi connectivity index (χ4v) is 4.75. The van der Waals surface area contributed by atoms with Crippen LogP contribution < -0.4 is 0 Å². The van der Waals surface area contributed by atoms with Crippen LogP contribution in [0.3, 0.4) is 0 Å². The molecule has 0 bridgehead atoms. The van der Waals surface area contributed by atoms with Gasteiger partial charge in [-0.25, -0.2) is 4.98 Å². The summed E-state index contributed by atoms with van der Waals surface area (Å²) in [7, 11) is 0. The van der Waals surface area contributed by atoms with Gasteiger partial charge in [0, 0.05) is 29.8 Å². The lowest BCUT2D eigenvalue weighted by molar-refractivity contribution is -0.127. The van der Waals surface area contributed by atoms with Crippen LogP contribution in [0.4, 0.5) is 0 Å². The lowest BCUT2D eigenvalue weighted by Crippen LogP contribution is -2.48. The van der Waals surface area contributed by atoms with Gasteiger partial charge < -0.3 is 0 Å². The lowest BCUT2D eigenvalue weighted by Gasteiger charge is -2.41. The Morgan fingerprint density at radius 2 is 2.14 bits per heavy atom. The van der Waals surface area contributed by atoms with E-state index in [1.807, 2.05) is 5.51 Å². The molecule has 0 radical (unpaired) electrons. The zero-order valence-electron chi connectivity index (χ0n) is 13.0. The van der Waals surface area contributed by atoms with Crippen molar-refractivity contribution in [2.24, 2.45) is 5.92 Å². The van der Waals surface area contributed by atoms with Crippen molar-refractivity contribution in [2.75, 3.05) is 13.1 Å². The van der Waals surface area contributed by atoms with E-state index in [-0.39, 0.29) is 0 Å². The number of rotatable bonds is 4. The maximum Gasteiger partial charge on any atom is 0.137 e. The van der Waals surface area contributed by atoms with Gasteiger partial charge >= 0.3 is 0 Å². The molecule has 2 unspecified atom stereocenters. The Hall–Kier alpha value is -0.740. The topological polar surface area (TPSA) is 33.2 Å². The summed E-state index contributed by atoms with van der Waals surface area (Å²) in [4.78, 5) is 20.7. The Balaban J connectivity index is 1.63. The van der Waals surface area contributed by atoms with Gasteiger partial charge in [-0.15, -0.1) is 11.3 Å². The molecule has 2 atom stereocenters. The predicted molar refractivity (Wildman–Crippen MR) is 86.7 cm³/mol. The molecule has 0 amide bonds. The van der Waals surface area contributed by atoms with E-state index in [1.54, 1.807) is 11.3 Å². The molecule has 3 nitrogen and oxygen atoms in total. The standard InChI is InChI=1S/C17H26N2OS/c1-13-17(21-12-18-13)9-11-19-10-5-4-7-15(19)14-6-2-3-8-16(14)20/h12,14-15H,2-11H2,1H3. The molecule has 0 N–H and O–H groups in total. The number of likely N-dealkylation sites (tertiary alicyclic amines) is 1. The number of hydrogen-bond acceptors (Lipinski definition) is 4. The van der Waals surface area contributed by atoms with Crippen molar-refractivity contribution in [1.29, 1.82) is 0 Å². The van der Waals surface area contributed by atoms with E-state index in [9.17, 15) is 4.79 Å². The fraction of sp³-hybridized carbons (Fsp3) is 0.765. The highest BCUT2D eigenvalue weighted by atomic mass is 32.1. The zero-order chi connectivity index (χ0) is 14.7. The van der Waals surface area contributed by atoms with E-state index in [1.165, 1.54) is 42.8 Å². The maximum absolute atomic E-state index is 12.3. The van der Waals surface area contributed by atoms with Crippen molar-refractivity contribution >= 4 is 17.1 Å². The van der Waals surface area contributed by atoms with Gasteiger partial charge in [0.05, 0.1) is 11.2 Å². The third kappa shape index (κ3) is 3.54. The number of aromatic nitrogens is 1. The first kappa shape index (κ1) is 15.2. The molecular weight excluding hydrogens is 280 g/mol. The first-order chi connectivity index (χ1) is 10.3. The van der Waals surface area contributed by atoms with Gasteiger partial charge in [-0.3, -0.25) is 9.69 Å². The van der Waals surface area contributed by atoms with Gasteiger partial charge in [-0.1, -0.05) is 12.8 Å². The van der Waals surface area contributed by atoms with Gasteiger partial charge in [0.1, 0.15) is 5.78 Å². The largest absolute Gasteiger partial charge is 0.299 e. The van der Waals surface area contributed by atoms with Gasteiger partial charge in [-0.05, 0) is 45.6 Å². The van der Waals surface area contributed by atoms with Crippen LogP contribution in [0.2, 0.25) is 0 Å². The van der Waals surface area contributed by atoms with Crippen molar-refractivity contribution in [2.45, 2.75) is 64.3 Å². The van der Waals surface area contributed by atoms with Gasteiger partial charge in [0.2, 0.25) is 0 Å². The molecule has 2 fully saturated rings. The van der Waals surface area contributed by atoms with E-state index < -0.39 is 0 Å². The number of aryl methyl sites for hydroxylation is 1. The van der Waals surface area contributed by atoms with Crippen LogP contribution in [-0.4, -0.2) is 34.8 Å². The van der Waals surface area contributed by atoms with Crippen LogP contribution in [0.1, 0.15) is 55.5 Å². The Kier molecular flexibility index (Phi) is 5.07. The number of thiazole rings is 1. The minimum absolute atomic E-state index is 0.321. The second-order valence-electron chi connectivity index (χ2n) is 6.53. The summed E-state index contributed by atoms with van der Waals surface area (Å²) in [5.41, 5.74) is 3.13. The van der Waals surface area contributed by atoms with Crippen LogP contribution in [0, 0.1) is 12.8 Å². The molecule has 0 aromatic carbocycles. The van der Waals surface area contributed by atoms with E-state index in [0.29, 0.717) is 17.7 Å². The van der Waals surface area contributed by atoms with Gasteiger partial charge in [-0.2, -0.15) is 0 Å².